The van der Waals surface area contributed by atoms with Gasteiger partial charge in [0.05, 0.1) is 12.1 Å². The van der Waals surface area contributed by atoms with Gasteiger partial charge in [-0.2, -0.15) is 0 Å². The van der Waals surface area contributed by atoms with Crippen LogP contribution in [0.4, 0.5) is 0 Å². The van der Waals surface area contributed by atoms with Crippen LogP contribution in [-0.2, 0) is 9.53 Å². The minimum absolute atomic E-state index is 0.0141. The molecule has 0 saturated heterocycles. The summed E-state index contributed by atoms with van der Waals surface area (Å²) >= 11 is 0. The third kappa shape index (κ3) is 3.17. The molecule has 5 heteroatoms. The van der Waals surface area contributed by atoms with Crippen LogP contribution in [0.2, 0.25) is 0 Å². The molecule has 94 valence electrons. The molecule has 5 nitrogen and oxygen atoms in total. The molecule has 0 bridgehead atoms. The average molecular weight is 230 g/mol. The minimum atomic E-state index is -0.620. The lowest BCUT2D eigenvalue weighted by molar-refractivity contribution is -0.133. The Morgan fingerprint density at radius 1 is 1.50 bits per heavy atom. The predicted octanol–water partition coefficient (Wildman–Crippen LogP) is -0.228. The highest BCUT2D eigenvalue weighted by Crippen LogP contribution is 2.27. The second-order valence-corrected chi connectivity index (χ2v) is 4.45. The van der Waals surface area contributed by atoms with E-state index in [4.69, 9.17) is 10.5 Å². The maximum atomic E-state index is 11.8. The molecule has 1 aliphatic carbocycles. The molecule has 0 radical (unpaired) electrons. The Morgan fingerprint density at radius 3 is 2.56 bits per heavy atom. The van der Waals surface area contributed by atoms with Gasteiger partial charge >= 0.3 is 0 Å². The first-order valence-corrected chi connectivity index (χ1v) is 5.83. The lowest BCUT2D eigenvalue weighted by atomic mass is 9.82. The molecule has 0 heterocycles. The van der Waals surface area contributed by atoms with E-state index in [1.807, 2.05) is 0 Å². The Balaban J connectivity index is 2.57. The third-order valence-corrected chi connectivity index (χ3v) is 3.29. The van der Waals surface area contributed by atoms with Crippen LogP contribution < -0.4 is 11.1 Å². The van der Waals surface area contributed by atoms with Crippen molar-refractivity contribution >= 4 is 5.91 Å². The first-order chi connectivity index (χ1) is 7.67. The molecule has 0 aromatic carbocycles. The molecule has 0 aliphatic heterocycles. The van der Waals surface area contributed by atoms with Crippen LogP contribution in [0.5, 0.6) is 0 Å². The number of hydrogen-bond acceptors (Lipinski definition) is 4. The van der Waals surface area contributed by atoms with Gasteiger partial charge in [0, 0.05) is 13.7 Å². The zero-order valence-electron chi connectivity index (χ0n) is 9.87. The summed E-state index contributed by atoms with van der Waals surface area (Å²) in [6.45, 7) is 0.142. The molecule has 1 aliphatic rings. The van der Waals surface area contributed by atoms with Crippen molar-refractivity contribution in [2.45, 2.75) is 43.7 Å². The molecule has 1 atom stereocenters. The van der Waals surface area contributed by atoms with Gasteiger partial charge in [-0.15, -0.1) is 0 Å². The molecular formula is C11H22N2O3. The number of nitrogens with two attached hydrogens (primary N) is 1. The van der Waals surface area contributed by atoms with Crippen molar-refractivity contribution in [3.8, 4) is 0 Å². The number of carbonyl (C=O) groups is 1. The Morgan fingerprint density at radius 2 is 2.12 bits per heavy atom. The highest BCUT2D eigenvalue weighted by Gasteiger charge is 2.34. The van der Waals surface area contributed by atoms with Crippen LogP contribution in [-0.4, -0.2) is 42.9 Å². The zero-order chi connectivity index (χ0) is 12.0. The second kappa shape index (κ2) is 6.18. The topological polar surface area (TPSA) is 84.6 Å². The van der Waals surface area contributed by atoms with Crippen LogP contribution in [0.15, 0.2) is 0 Å². The molecule has 1 fully saturated rings. The number of aliphatic hydroxyl groups is 1. The summed E-state index contributed by atoms with van der Waals surface area (Å²) in [5.41, 5.74) is 4.97. The fourth-order valence-electron chi connectivity index (χ4n) is 2.20. The monoisotopic (exact) mass is 230 g/mol. The fraction of sp³-hybridized carbons (Fsp3) is 0.909. The Hall–Kier alpha value is -0.650. The molecule has 1 amide bonds. The van der Waals surface area contributed by atoms with Gasteiger partial charge in [-0.05, 0) is 12.8 Å². The van der Waals surface area contributed by atoms with Gasteiger partial charge < -0.3 is 20.9 Å². The molecule has 4 N–H and O–H groups in total. The first-order valence-electron chi connectivity index (χ1n) is 5.83. The lowest BCUT2D eigenvalue weighted by Gasteiger charge is -2.37. The Bertz CT molecular complexity index is 223. The van der Waals surface area contributed by atoms with Gasteiger partial charge in [0.2, 0.25) is 0 Å². The van der Waals surface area contributed by atoms with E-state index in [0.29, 0.717) is 0 Å². The van der Waals surface area contributed by atoms with Crippen molar-refractivity contribution in [1.29, 1.82) is 0 Å². The van der Waals surface area contributed by atoms with Crippen molar-refractivity contribution in [3.63, 3.8) is 0 Å². The maximum absolute atomic E-state index is 11.8. The van der Waals surface area contributed by atoms with Crippen LogP contribution in [0.3, 0.4) is 0 Å². The largest absolute Gasteiger partial charge is 0.394 e. The molecule has 16 heavy (non-hydrogen) atoms. The standard InChI is InChI=1S/C11H22N2O3/c1-16-9(7-12)10(15)13-11(8-14)5-3-2-4-6-11/h9,14H,2-8,12H2,1H3,(H,13,15). The van der Waals surface area contributed by atoms with Crippen LogP contribution in [0.25, 0.3) is 0 Å². The molecule has 0 aromatic heterocycles. The Kier molecular flexibility index (Phi) is 5.18. The van der Waals surface area contributed by atoms with Crippen molar-refractivity contribution in [1.82, 2.24) is 5.32 Å². The summed E-state index contributed by atoms with van der Waals surface area (Å²) in [7, 11) is 1.46. The number of aliphatic hydroxyl groups excluding tert-OH is 1. The van der Waals surface area contributed by atoms with Gasteiger partial charge in [0.1, 0.15) is 6.10 Å². The molecular weight excluding hydrogens is 208 g/mol. The number of amides is 1. The van der Waals surface area contributed by atoms with Gasteiger partial charge in [0.25, 0.3) is 5.91 Å². The number of hydrogen-bond donors (Lipinski definition) is 3. The van der Waals surface area contributed by atoms with Gasteiger partial charge in [-0.1, -0.05) is 19.3 Å². The average Bonchev–Trinajstić information content (AvgIpc) is 2.32. The van der Waals surface area contributed by atoms with E-state index >= 15 is 0 Å². The summed E-state index contributed by atoms with van der Waals surface area (Å²) in [6.07, 6.45) is 4.29. The van der Waals surface area contributed by atoms with E-state index in [1.165, 1.54) is 13.5 Å². The van der Waals surface area contributed by atoms with E-state index < -0.39 is 11.6 Å². The van der Waals surface area contributed by atoms with Crippen molar-refractivity contribution in [2.75, 3.05) is 20.3 Å². The molecule has 1 saturated carbocycles. The predicted molar refractivity (Wildman–Crippen MR) is 60.9 cm³/mol. The normalized spacial score (nSPS) is 21.4. The molecule has 1 unspecified atom stereocenters. The van der Waals surface area contributed by atoms with Crippen LogP contribution in [0, 0.1) is 0 Å². The highest BCUT2D eigenvalue weighted by atomic mass is 16.5. The number of ether oxygens (including phenoxy) is 1. The number of rotatable bonds is 5. The van der Waals surface area contributed by atoms with E-state index in [1.54, 1.807) is 0 Å². The quantitative estimate of drug-likeness (QED) is 0.609. The highest BCUT2D eigenvalue weighted by molar-refractivity contribution is 5.81. The molecule has 0 aromatic rings. The van der Waals surface area contributed by atoms with Gasteiger partial charge in [0.15, 0.2) is 0 Å². The van der Waals surface area contributed by atoms with E-state index in [9.17, 15) is 9.90 Å². The maximum Gasteiger partial charge on any atom is 0.250 e. The Labute approximate surface area is 96.3 Å². The van der Waals surface area contributed by atoms with E-state index in [0.717, 1.165) is 25.7 Å². The summed E-state index contributed by atoms with van der Waals surface area (Å²) < 4.78 is 4.97. The number of carbonyl (C=O) groups excluding carboxylic acids is 1. The summed E-state index contributed by atoms with van der Waals surface area (Å²) in [6, 6.07) is 0. The summed E-state index contributed by atoms with van der Waals surface area (Å²) in [4.78, 5) is 11.8. The SMILES string of the molecule is COC(CN)C(=O)NC1(CO)CCCCC1. The van der Waals surface area contributed by atoms with Crippen molar-refractivity contribution < 1.29 is 14.6 Å². The van der Waals surface area contributed by atoms with Gasteiger partial charge in [-0.25, -0.2) is 0 Å². The minimum Gasteiger partial charge on any atom is -0.394 e. The smallest absolute Gasteiger partial charge is 0.250 e. The van der Waals surface area contributed by atoms with Crippen molar-refractivity contribution in [2.24, 2.45) is 5.73 Å². The van der Waals surface area contributed by atoms with Crippen LogP contribution in [0.1, 0.15) is 32.1 Å². The number of nitrogens with one attached hydrogen (secondary N) is 1. The first kappa shape index (κ1) is 13.4. The van der Waals surface area contributed by atoms with Crippen LogP contribution >= 0.6 is 0 Å². The fourth-order valence-corrected chi connectivity index (χ4v) is 2.20. The van der Waals surface area contributed by atoms with Crippen molar-refractivity contribution in [3.05, 3.63) is 0 Å². The zero-order valence-corrected chi connectivity index (χ0v) is 9.87. The van der Waals surface area contributed by atoms with Gasteiger partial charge in [-0.3, -0.25) is 4.79 Å². The summed E-state index contributed by atoms with van der Waals surface area (Å²) in [5, 5.41) is 12.3. The molecule has 0 spiro atoms. The molecule has 1 rings (SSSR count). The third-order valence-electron chi connectivity index (χ3n) is 3.29. The second-order valence-electron chi connectivity index (χ2n) is 4.45. The van der Waals surface area contributed by atoms with E-state index in [2.05, 4.69) is 5.32 Å². The summed E-state index contributed by atoms with van der Waals surface area (Å²) in [5.74, 6) is -0.221. The van der Waals surface area contributed by atoms with E-state index in [-0.39, 0.29) is 19.1 Å². The lowest BCUT2D eigenvalue weighted by Crippen LogP contribution is -2.56. The number of methoxy groups -OCH3 is 1.